The Bertz CT molecular complexity index is 1580. The van der Waals surface area contributed by atoms with Crippen LogP contribution >= 0.6 is 11.8 Å². The van der Waals surface area contributed by atoms with Gasteiger partial charge in [0, 0.05) is 22.1 Å². The maximum atomic E-state index is 11.3. The Morgan fingerprint density at radius 2 is 1.82 bits per heavy atom. The van der Waals surface area contributed by atoms with Crippen molar-refractivity contribution in [3.05, 3.63) is 70.2 Å². The minimum absolute atomic E-state index is 0. The van der Waals surface area contributed by atoms with Crippen molar-refractivity contribution in [1.82, 2.24) is 24.8 Å². The van der Waals surface area contributed by atoms with Crippen LogP contribution < -0.4 is 66.6 Å². The molecule has 0 bridgehead atoms. The van der Waals surface area contributed by atoms with Crippen molar-refractivity contribution in [1.29, 1.82) is 0 Å². The smallest absolute Gasteiger partial charge is 0.543 e. The second-order valence-corrected chi connectivity index (χ2v) is 11.5. The number of anilines is 1. The minimum Gasteiger partial charge on any atom is -0.543 e. The van der Waals surface area contributed by atoms with Gasteiger partial charge in [0.15, 0.2) is 5.65 Å². The van der Waals surface area contributed by atoms with E-state index in [4.69, 9.17) is 5.10 Å². The second-order valence-electron chi connectivity index (χ2n) is 10.4. The number of unbranched alkanes of at least 4 members (excludes halogenated alkanes) is 3. The first-order valence-corrected chi connectivity index (χ1v) is 13.8. The maximum Gasteiger partial charge on any atom is 1.00 e. The van der Waals surface area contributed by atoms with E-state index in [0.717, 1.165) is 23.9 Å². The quantitative estimate of drug-likeness (QED) is 0.233. The summed E-state index contributed by atoms with van der Waals surface area (Å²) in [5.41, 5.74) is 2.70. The molecule has 0 amide bonds. The van der Waals surface area contributed by atoms with E-state index >= 15 is 0 Å². The van der Waals surface area contributed by atoms with Gasteiger partial charge in [-0.2, -0.15) is 9.61 Å². The number of carbonyl (C=O) groups is 1. The number of hydrogen-bond donors (Lipinski definition) is 0. The molecule has 0 saturated heterocycles. The van der Waals surface area contributed by atoms with E-state index < -0.39 is 5.97 Å². The van der Waals surface area contributed by atoms with Crippen molar-refractivity contribution in [3.63, 3.8) is 0 Å². The number of carbonyl (C=O) groups excluding carboxylic acids is 1. The van der Waals surface area contributed by atoms with Crippen LogP contribution in [0.2, 0.25) is 0 Å². The molecule has 8 nitrogen and oxygen atoms in total. The molecular formula is C29H31KN6O2S. The average molecular weight is 567 g/mol. The number of aromatic nitrogens is 5. The summed E-state index contributed by atoms with van der Waals surface area (Å²) in [5, 5.41) is 27.0. The minimum atomic E-state index is -1.34. The summed E-state index contributed by atoms with van der Waals surface area (Å²) >= 11 is 1.78. The van der Waals surface area contributed by atoms with Gasteiger partial charge in [-0.25, -0.2) is 4.98 Å². The van der Waals surface area contributed by atoms with Crippen molar-refractivity contribution < 1.29 is 61.3 Å². The van der Waals surface area contributed by atoms with Crippen LogP contribution in [0.4, 0.5) is 5.69 Å². The average Bonchev–Trinajstić information content (AvgIpc) is 3.57. The van der Waals surface area contributed by atoms with Crippen LogP contribution in [-0.2, 0) is 5.41 Å². The molecule has 1 aliphatic heterocycles. The molecule has 4 heterocycles. The van der Waals surface area contributed by atoms with Crippen molar-refractivity contribution in [2.45, 2.75) is 63.7 Å². The molecule has 0 fully saturated rings. The molecule has 1 aromatic carbocycles. The van der Waals surface area contributed by atoms with Gasteiger partial charge in [0.2, 0.25) is 5.82 Å². The number of nitrogens with zero attached hydrogens (tertiary/aromatic N) is 6. The second kappa shape index (κ2) is 12.6. The van der Waals surface area contributed by atoms with E-state index in [1.54, 1.807) is 28.4 Å². The monoisotopic (exact) mass is 566 g/mol. The summed E-state index contributed by atoms with van der Waals surface area (Å²) in [7, 11) is 0. The molecule has 0 N–H and O–H groups in total. The van der Waals surface area contributed by atoms with Gasteiger partial charge in [-0.15, -0.1) is 10.2 Å². The zero-order valence-corrected chi connectivity index (χ0v) is 27.1. The van der Waals surface area contributed by atoms with Crippen molar-refractivity contribution in [2.24, 2.45) is 0 Å². The maximum absolute atomic E-state index is 11.3. The molecule has 0 radical (unpaired) electrons. The van der Waals surface area contributed by atoms with Gasteiger partial charge in [-0.1, -0.05) is 76.9 Å². The van der Waals surface area contributed by atoms with Crippen LogP contribution in [0, 0.1) is 0 Å². The molecule has 0 saturated carbocycles. The van der Waals surface area contributed by atoms with Gasteiger partial charge in [0.25, 0.3) is 0 Å². The number of benzene rings is 1. The molecule has 4 aromatic rings. The Labute approximate surface area is 275 Å². The topological polar surface area (TPSA) is 99.3 Å². The van der Waals surface area contributed by atoms with E-state index in [2.05, 4.69) is 84.2 Å². The van der Waals surface area contributed by atoms with Crippen LogP contribution in [0.1, 0.15) is 69.6 Å². The Kier molecular flexibility index (Phi) is 9.67. The van der Waals surface area contributed by atoms with E-state index in [9.17, 15) is 9.90 Å². The molecule has 0 spiro atoms. The predicted molar refractivity (Wildman–Crippen MR) is 149 cm³/mol. The number of allylic oxidation sites excluding steroid dienone is 1. The summed E-state index contributed by atoms with van der Waals surface area (Å²) in [5.74, 6) is -0.950. The Morgan fingerprint density at radius 3 is 2.56 bits per heavy atom. The van der Waals surface area contributed by atoms with Crippen molar-refractivity contribution in [3.8, 4) is 11.5 Å². The van der Waals surface area contributed by atoms with Gasteiger partial charge in [-0.3, -0.25) is 0 Å². The van der Waals surface area contributed by atoms with E-state index in [1.807, 2.05) is 0 Å². The first-order chi connectivity index (χ1) is 18.3. The Balaban J connectivity index is 0.00000353. The molecule has 3 aromatic heterocycles. The molecule has 5 rings (SSSR count). The summed E-state index contributed by atoms with van der Waals surface area (Å²) in [6.07, 6.45) is 9.05. The SMILES string of the molecule is CCCCCCN1/C(=C/C=c2/c(C(C)(C)C)nn3c(-c4cccc(C(=O)[O-])n4)nnc23)Sc2ccccc21.[K+]. The fourth-order valence-electron chi connectivity index (χ4n) is 4.60. The normalized spacial score (nSPS) is 14.7. The Morgan fingerprint density at radius 1 is 1.03 bits per heavy atom. The largest absolute Gasteiger partial charge is 1.00 e. The number of carboxylic acids is 1. The number of hydrogen-bond acceptors (Lipinski definition) is 8. The van der Waals surface area contributed by atoms with Crippen molar-refractivity contribution in [2.75, 3.05) is 11.4 Å². The van der Waals surface area contributed by atoms with Crippen LogP contribution in [-0.4, -0.2) is 37.3 Å². The summed E-state index contributed by atoms with van der Waals surface area (Å²) < 4.78 is 1.66. The molecule has 0 aliphatic carbocycles. The standard InChI is InChI=1S/C29H32N6O2S.K/c1-5-6-7-10-18-34-22-14-8-9-15-23(22)38-24(34)17-16-19-25(29(2,3)4)33-35-26(19)31-32-27(35)20-12-11-13-21(30-20)28(36)37;/h8-9,11-17H,5-7,10,18H2,1-4H3,(H,36,37);/q;+1/p-1/b19-16-,24-17-;. The predicted octanol–water partition coefficient (Wildman–Crippen LogP) is 1.38. The zero-order valence-electron chi connectivity index (χ0n) is 23.1. The third-order valence-electron chi connectivity index (χ3n) is 6.50. The van der Waals surface area contributed by atoms with Gasteiger partial charge in [0.1, 0.15) is 5.69 Å². The molecule has 196 valence electrons. The number of pyridine rings is 1. The molecule has 10 heteroatoms. The number of thioether (sulfide) groups is 1. The molecular weight excluding hydrogens is 536 g/mol. The van der Waals surface area contributed by atoms with Gasteiger partial charge in [0.05, 0.1) is 28.1 Å². The molecule has 0 unspecified atom stereocenters. The van der Waals surface area contributed by atoms with Crippen LogP contribution in [0.25, 0.3) is 23.2 Å². The third kappa shape index (κ3) is 6.31. The fraction of sp³-hybridized carbons (Fsp3) is 0.345. The number of carboxylic acid groups (broad SMARTS) is 1. The van der Waals surface area contributed by atoms with Crippen LogP contribution in [0.3, 0.4) is 0 Å². The van der Waals surface area contributed by atoms with Gasteiger partial charge >= 0.3 is 51.4 Å². The molecule has 0 atom stereocenters. The van der Waals surface area contributed by atoms with Gasteiger partial charge < -0.3 is 14.8 Å². The van der Waals surface area contributed by atoms with Crippen LogP contribution in [0.15, 0.2) is 58.5 Å². The Hall–Kier alpha value is -2.08. The molecule has 1 aliphatic rings. The first-order valence-electron chi connectivity index (χ1n) is 13.0. The number of para-hydroxylation sites is 1. The summed E-state index contributed by atoms with van der Waals surface area (Å²) in [4.78, 5) is 19.2. The third-order valence-corrected chi connectivity index (χ3v) is 7.63. The summed E-state index contributed by atoms with van der Waals surface area (Å²) in [6.45, 7) is 9.54. The number of rotatable bonds is 8. The number of fused-ring (bicyclic) bond motifs is 2. The van der Waals surface area contributed by atoms with E-state index in [0.29, 0.717) is 17.2 Å². The first kappa shape index (κ1) is 29.9. The zero-order chi connectivity index (χ0) is 26.9. The van der Waals surface area contributed by atoms with Crippen LogP contribution in [0.5, 0.6) is 0 Å². The van der Waals surface area contributed by atoms with E-state index in [1.165, 1.54) is 40.9 Å². The van der Waals surface area contributed by atoms with Gasteiger partial charge in [-0.05, 0) is 42.8 Å². The molecule has 39 heavy (non-hydrogen) atoms. The van der Waals surface area contributed by atoms with E-state index in [-0.39, 0.29) is 62.5 Å². The fourth-order valence-corrected chi connectivity index (χ4v) is 5.69. The summed E-state index contributed by atoms with van der Waals surface area (Å²) in [6, 6.07) is 13.2. The van der Waals surface area contributed by atoms with Crippen molar-refractivity contribution >= 4 is 35.1 Å². The number of aromatic carboxylic acids is 1.